The van der Waals surface area contributed by atoms with Crippen LogP contribution in [-0.2, 0) is 20.7 Å². The largest absolute Gasteiger partial charge is 0.496 e. The van der Waals surface area contributed by atoms with Gasteiger partial charge in [0.1, 0.15) is 30.8 Å². The zero-order valence-corrected chi connectivity index (χ0v) is 40.0. The Morgan fingerprint density at radius 3 is 1.41 bits per heavy atom. The Hall–Kier alpha value is -4.90. The van der Waals surface area contributed by atoms with E-state index in [1.807, 2.05) is 139 Å². The van der Waals surface area contributed by atoms with Crippen molar-refractivity contribution in [1.29, 1.82) is 0 Å². The van der Waals surface area contributed by atoms with Gasteiger partial charge in [0.25, 0.3) is 0 Å². The predicted octanol–water partition coefficient (Wildman–Crippen LogP) is 12.0. The second-order valence-electron chi connectivity index (χ2n) is 17.2. The minimum Gasteiger partial charge on any atom is -0.496 e. The number of aryl methyl sites for hydroxylation is 6. The highest BCUT2D eigenvalue weighted by molar-refractivity contribution is 7.95. The highest BCUT2D eigenvalue weighted by Crippen LogP contribution is 2.66. The van der Waals surface area contributed by atoms with E-state index < -0.39 is 42.5 Å². The first-order valence-electron chi connectivity index (χ1n) is 20.7. The molecule has 0 N–H and O–H groups in total. The summed E-state index contributed by atoms with van der Waals surface area (Å²) < 4.78 is 56.4. The molecule has 0 aromatic heterocycles. The first-order chi connectivity index (χ1) is 28.8. The third kappa shape index (κ3) is 9.04. The number of hydrogen-bond donors (Lipinski definition) is 0. The van der Waals surface area contributed by atoms with Crippen LogP contribution in [0.4, 0.5) is 0 Å². The summed E-state index contributed by atoms with van der Waals surface area (Å²) in [7, 11) is -0.980. The van der Waals surface area contributed by atoms with E-state index in [0.29, 0.717) is 72.8 Å². The second kappa shape index (κ2) is 19.0. The molecule has 5 aromatic carbocycles. The molecule has 0 spiro atoms. The molecule has 3 unspecified atom stereocenters. The van der Waals surface area contributed by atoms with E-state index in [4.69, 9.17) is 18.9 Å². The molecule has 0 saturated heterocycles. The fourth-order valence-corrected chi connectivity index (χ4v) is 15.3. The van der Waals surface area contributed by atoms with Crippen LogP contribution in [0, 0.1) is 52.9 Å². The Kier molecular flexibility index (Phi) is 14.7. The summed E-state index contributed by atoms with van der Waals surface area (Å²) in [5.41, 5.74) is 4.35. The number of benzene rings is 5. The molecular weight excluding hydrogens is 803 g/mol. The lowest BCUT2D eigenvalue weighted by Crippen LogP contribution is -2.44. The Balaban J connectivity index is 1.80. The van der Waals surface area contributed by atoms with E-state index in [1.54, 1.807) is 28.4 Å². The lowest BCUT2D eigenvalue weighted by atomic mass is 9.66. The van der Waals surface area contributed by atoms with Gasteiger partial charge in [-0.15, -0.1) is 0 Å². The summed E-state index contributed by atoms with van der Waals surface area (Å²) in [5, 5.41) is -0.666. The monoisotopic (exact) mass is 864 g/mol. The first kappa shape index (κ1) is 47.2. The van der Waals surface area contributed by atoms with Gasteiger partial charge >= 0.3 is 0 Å². The van der Waals surface area contributed by atoms with Crippen molar-refractivity contribution in [2.75, 3.05) is 34.6 Å². The van der Waals surface area contributed by atoms with E-state index in [-0.39, 0.29) is 19.0 Å². The Morgan fingerprint density at radius 2 is 1.02 bits per heavy atom. The van der Waals surface area contributed by atoms with E-state index >= 15 is 18.7 Å². The van der Waals surface area contributed by atoms with E-state index in [1.165, 1.54) is 0 Å². The summed E-state index contributed by atoms with van der Waals surface area (Å²) in [5.74, 6) is 1.57. The first-order valence-corrected chi connectivity index (χ1v) is 24.0. The maximum atomic E-state index is 16.1. The van der Waals surface area contributed by atoms with E-state index in [2.05, 4.69) is 13.8 Å². The standard InChI is InChI=1S/C51H62O8P2/c1-32-25-35(4)45(36(5)26-32)48(52)61(55,49(53)46-37(6)27-33(2)28-38(46)7)31-34(3)29-50(8,9)51(60(54)39-19-15-14-16-20-39,47-43(58-12)23-18-24-44(47)59-13)30-40-41(56-10)21-17-22-42(40)57-11/h14-28,34,60H,29-31H2,1-13H3. The number of rotatable bonds is 18. The molecule has 0 heterocycles. The molecule has 324 valence electrons. The average Bonchev–Trinajstić information content (AvgIpc) is 3.21. The van der Waals surface area contributed by atoms with Gasteiger partial charge in [-0.25, -0.2) is 0 Å². The zero-order valence-electron chi connectivity index (χ0n) is 38.1. The van der Waals surface area contributed by atoms with Crippen LogP contribution in [0.3, 0.4) is 0 Å². The SMILES string of the molecule is COc1cccc(OC)c1CC(c1c(OC)cccc1OC)([PH](=O)c1ccccc1)C(C)(C)CC(C)CP(=O)(C(=O)c1c(C)cc(C)cc1C)C(=O)c1c(C)cc(C)cc1C. The van der Waals surface area contributed by atoms with Crippen molar-refractivity contribution < 1.29 is 37.7 Å². The maximum absolute atomic E-state index is 16.1. The molecule has 8 nitrogen and oxygen atoms in total. The normalized spacial score (nSPS) is 13.8. The van der Waals surface area contributed by atoms with Gasteiger partial charge in [-0.1, -0.05) is 98.6 Å². The fraction of sp³-hybridized carbons (Fsp3) is 0.373. The molecule has 0 aliphatic carbocycles. The number of hydrogen-bond acceptors (Lipinski definition) is 8. The topological polar surface area (TPSA) is 105 Å². The van der Waals surface area contributed by atoms with Gasteiger partial charge in [0.2, 0.25) is 18.2 Å². The minimum atomic E-state index is -4.39. The minimum absolute atomic E-state index is 0.155. The van der Waals surface area contributed by atoms with Crippen LogP contribution in [0.5, 0.6) is 23.0 Å². The molecule has 0 bridgehead atoms. The Bertz CT molecular complexity index is 2340. The number of methoxy groups -OCH3 is 4. The average molecular weight is 865 g/mol. The molecule has 5 aromatic rings. The molecule has 0 amide bonds. The molecule has 0 radical (unpaired) electrons. The summed E-state index contributed by atoms with van der Waals surface area (Å²) in [6.45, 7) is 17.3. The van der Waals surface area contributed by atoms with Crippen molar-refractivity contribution in [2.24, 2.45) is 11.3 Å². The molecule has 61 heavy (non-hydrogen) atoms. The second-order valence-corrected chi connectivity index (χ2v) is 22.0. The van der Waals surface area contributed by atoms with E-state index in [0.717, 1.165) is 11.1 Å². The smallest absolute Gasteiger partial charge is 0.229 e. The van der Waals surface area contributed by atoms with Crippen LogP contribution in [0.2, 0.25) is 0 Å². The van der Waals surface area contributed by atoms with Crippen LogP contribution in [0.25, 0.3) is 0 Å². The molecule has 0 aliphatic heterocycles. The van der Waals surface area contributed by atoms with E-state index in [9.17, 15) is 0 Å². The summed E-state index contributed by atoms with van der Waals surface area (Å²) in [4.78, 5) is 30.2. The molecule has 0 aliphatic rings. The molecule has 0 saturated carbocycles. The van der Waals surface area contributed by atoms with Crippen molar-refractivity contribution in [3.05, 3.63) is 147 Å². The predicted molar refractivity (Wildman–Crippen MR) is 250 cm³/mol. The van der Waals surface area contributed by atoms with Gasteiger partial charge in [0, 0.05) is 28.2 Å². The van der Waals surface area contributed by atoms with Crippen molar-refractivity contribution in [1.82, 2.24) is 0 Å². The summed E-state index contributed by atoms with van der Waals surface area (Å²) in [6, 6.07) is 28.1. The number of ether oxygens (including phenoxy) is 4. The molecule has 0 fully saturated rings. The van der Waals surface area contributed by atoms with Crippen LogP contribution in [0.15, 0.2) is 91.0 Å². The lowest BCUT2D eigenvalue weighted by Gasteiger charge is -2.49. The highest BCUT2D eigenvalue weighted by Gasteiger charge is 2.56. The fourth-order valence-electron chi connectivity index (χ4n) is 9.85. The quantitative estimate of drug-likeness (QED) is 0.0802. The highest BCUT2D eigenvalue weighted by atomic mass is 31.2. The third-order valence-electron chi connectivity index (χ3n) is 12.3. The summed E-state index contributed by atoms with van der Waals surface area (Å²) in [6.07, 6.45) is 0.247. The molecule has 5 rings (SSSR count). The van der Waals surface area contributed by atoms with Crippen LogP contribution in [0.1, 0.15) is 92.4 Å². The van der Waals surface area contributed by atoms with Crippen molar-refractivity contribution in [2.45, 2.75) is 80.3 Å². The van der Waals surface area contributed by atoms with Crippen molar-refractivity contribution in [3.8, 4) is 23.0 Å². The Morgan fingerprint density at radius 1 is 0.623 bits per heavy atom. The third-order valence-corrected chi connectivity index (χ3v) is 17.9. The van der Waals surface area contributed by atoms with Crippen LogP contribution >= 0.6 is 14.9 Å². The number of carbonyl (C=O) groups excluding carboxylic acids is 2. The molecule has 3 atom stereocenters. The maximum Gasteiger partial charge on any atom is 0.229 e. The number of carbonyl (C=O) groups is 2. The zero-order chi connectivity index (χ0) is 45.0. The molecular formula is C51H62O8P2. The van der Waals surface area contributed by atoms with Crippen molar-refractivity contribution >= 4 is 31.3 Å². The van der Waals surface area contributed by atoms with Gasteiger partial charge in [-0.05, 0) is 112 Å². The van der Waals surface area contributed by atoms with Gasteiger partial charge in [0.15, 0.2) is 0 Å². The van der Waals surface area contributed by atoms with Gasteiger partial charge < -0.3 is 28.1 Å². The summed E-state index contributed by atoms with van der Waals surface area (Å²) >= 11 is 0. The van der Waals surface area contributed by atoms with Gasteiger partial charge in [-0.3, -0.25) is 9.59 Å². The molecule has 10 heteroatoms. The Labute approximate surface area is 363 Å². The van der Waals surface area contributed by atoms with Gasteiger partial charge in [-0.2, -0.15) is 0 Å². The van der Waals surface area contributed by atoms with Crippen molar-refractivity contribution in [3.63, 3.8) is 0 Å². The lowest BCUT2D eigenvalue weighted by molar-refractivity contribution is 0.103. The van der Waals surface area contributed by atoms with Gasteiger partial charge in [0.05, 0.1) is 39.2 Å². The van der Waals surface area contributed by atoms with Crippen LogP contribution < -0.4 is 24.3 Å². The van der Waals surface area contributed by atoms with Crippen LogP contribution in [-0.4, -0.2) is 45.6 Å².